The molecule has 0 aromatic heterocycles. The lowest BCUT2D eigenvalue weighted by molar-refractivity contribution is 0.140. The lowest BCUT2D eigenvalue weighted by Gasteiger charge is -2.34. The largest absolute Gasteiger partial charge is 0.357 e. The average Bonchev–Trinajstić information content (AvgIpc) is 2.33. The smallest absolute Gasteiger partial charge is 0.191 e. The van der Waals surface area contributed by atoms with E-state index in [4.69, 9.17) is 0 Å². The highest BCUT2D eigenvalue weighted by molar-refractivity contribution is 14.0. The van der Waals surface area contributed by atoms with Crippen LogP contribution in [-0.4, -0.2) is 49.6 Å². The Kier molecular flexibility index (Phi) is 11.5. The zero-order valence-electron chi connectivity index (χ0n) is 14.5. The average molecular weight is 410 g/mol. The molecule has 0 saturated carbocycles. The maximum atomic E-state index is 4.64. The molecule has 1 heterocycles. The third-order valence-electron chi connectivity index (χ3n) is 3.62. The molecule has 4 nitrogen and oxygen atoms in total. The predicted octanol–water partition coefficient (Wildman–Crippen LogP) is 2.94. The molecule has 126 valence electrons. The molecular formula is C16H35IN4. The predicted molar refractivity (Wildman–Crippen MR) is 104 cm³/mol. The second kappa shape index (κ2) is 11.5. The maximum absolute atomic E-state index is 4.64. The van der Waals surface area contributed by atoms with E-state index in [-0.39, 0.29) is 24.0 Å². The molecule has 0 amide bonds. The van der Waals surface area contributed by atoms with Crippen LogP contribution >= 0.6 is 24.0 Å². The standard InChI is InChI=1S/C16H34N4.HI/c1-6-17-16(19-13(2)3)18-8-7-9-20-11-14(4)10-15(5)12-20;/h13-15H,6-12H2,1-5H3,(H2,17,18,19);1H. The third-order valence-corrected chi connectivity index (χ3v) is 3.62. The van der Waals surface area contributed by atoms with Crippen LogP contribution in [0.2, 0.25) is 0 Å². The van der Waals surface area contributed by atoms with Gasteiger partial charge in [-0.2, -0.15) is 0 Å². The van der Waals surface area contributed by atoms with Crippen LogP contribution in [0.15, 0.2) is 4.99 Å². The van der Waals surface area contributed by atoms with Gasteiger partial charge in [0.1, 0.15) is 0 Å². The van der Waals surface area contributed by atoms with E-state index >= 15 is 0 Å². The van der Waals surface area contributed by atoms with Crippen molar-refractivity contribution < 1.29 is 0 Å². The van der Waals surface area contributed by atoms with Gasteiger partial charge in [-0.3, -0.25) is 4.99 Å². The Bertz CT molecular complexity index is 284. The Labute approximate surface area is 148 Å². The molecule has 21 heavy (non-hydrogen) atoms. The maximum Gasteiger partial charge on any atom is 0.191 e. The number of likely N-dealkylation sites (tertiary alicyclic amines) is 1. The lowest BCUT2D eigenvalue weighted by atomic mass is 9.92. The van der Waals surface area contributed by atoms with Crippen LogP contribution in [-0.2, 0) is 0 Å². The second-order valence-electron chi connectivity index (χ2n) is 6.62. The van der Waals surface area contributed by atoms with Gasteiger partial charge in [-0.1, -0.05) is 13.8 Å². The number of guanidine groups is 1. The number of rotatable bonds is 6. The van der Waals surface area contributed by atoms with Crippen LogP contribution < -0.4 is 10.6 Å². The summed E-state index contributed by atoms with van der Waals surface area (Å²) in [6, 6.07) is 0.427. The fraction of sp³-hybridized carbons (Fsp3) is 0.938. The molecule has 1 saturated heterocycles. The van der Waals surface area contributed by atoms with Crippen molar-refractivity contribution in [1.29, 1.82) is 0 Å². The van der Waals surface area contributed by atoms with Gasteiger partial charge in [-0.25, -0.2) is 0 Å². The highest BCUT2D eigenvalue weighted by atomic mass is 127. The van der Waals surface area contributed by atoms with Crippen molar-refractivity contribution in [2.45, 2.75) is 53.5 Å². The number of halogens is 1. The zero-order chi connectivity index (χ0) is 15.0. The van der Waals surface area contributed by atoms with E-state index in [1.54, 1.807) is 0 Å². The summed E-state index contributed by atoms with van der Waals surface area (Å²) >= 11 is 0. The van der Waals surface area contributed by atoms with Crippen molar-refractivity contribution in [3.8, 4) is 0 Å². The zero-order valence-corrected chi connectivity index (χ0v) is 16.8. The molecule has 0 aromatic rings. The number of nitrogens with zero attached hydrogens (tertiary/aromatic N) is 2. The molecule has 0 spiro atoms. The minimum Gasteiger partial charge on any atom is -0.357 e. The van der Waals surface area contributed by atoms with Gasteiger partial charge in [-0.05, 0) is 52.0 Å². The molecule has 1 aliphatic heterocycles. The Morgan fingerprint density at radius 3 is 2.38 bits per heavy atom. The van der Waals surface area contributed by atoms with Gasteiger partial charge in [0.05, 0.1) is 0 Å². The monoisotopic (exact) mass is 410 g/mol. The number of hydrogen-bond donors (Lipinski definition) is 2. The van der Waals surface area contributed by atoms with Crippen molar-refractivity contribution in [1.82, 2.24) is 15.5 Å². The molecule has 1 fully saturated rings. The van der Waals surface area contributed by atoms with E-state index in [0.717, 1.165) is 37.3 Å². The molecule has 2 N–H and O–H groups in total. The van der Waals surface area contributed by atoms with E-state index in [1.807, 2.05) is 0 Å². The quantitative estimate of drug-likeness (QED) is 0.306. The first-order valence-electron chi connectivity index (χ1n) is 8.28. The van der Waals surface area contributed by atoms with Crippen molar-refractivity contribution in [2.75, 3.05) is 32.7 Å². The van der Waals surface area contributed by atoms with E-state index < -0.39 is 0 Å². The normalized spacial score (nSPS) is 23.8. The fourth-order valence-corrected chi connectivity index (χ4v) is 3.05. The van der Waals surface area contributed by atoms with Crippen LogP contribution in [0, 0.1) is 11.8 Å². The van der Waals surface area contributed by atoms with E-state index in [1.165, 1.54) is 26.1 Å². The molecule has 0 aromatic carbocycles. The summed E-state index contributed by atoms with van der Waals surface area (Å²) in [6.07, 6.45) is 2.53. The summed E-state index contributed by atoms with van der Waals surface area (Å²) in [5.41, 5.74) is 0. The van der Waals surface area contributed by atoms with Crippen LogP contribution in [0.25, 0.3) is 0 Å². The molecule has 0 aliphatic carbocycles. The lowest BCUT2D eigenvalue weighted by Crippen LogP contribution is -2.41. The Morgan fingerprint density at radius 1 is 1.24 bits per heavy atom. The summed E-state index contributed by atoms with van der Waals surface area (Å²) in [7, 11) is 0. The highest BCUT2D eigenvalue weighted by Gasteiger charge is 2.20. The first kappa shape index (κ1) is 21.0. The van der Waals surface area contributed by atoms with Crippen LogP contribution in [0.5, 0.6) is 0 Å². The molecule has 1 rings (SSSR count). The van der Waals surface area contributed by atoms with Gasteiger partial charge in [-0.15, -0.1) is 24.0 Å². The van der Waals surface area contributed by atoms with Gasteiger partial charge < -0.3 is 15.5 Å². The Morgan fingerprint density at radius 2 is 1.86 bits per heavy atom. The summed E-state index contributed by atoms with van der Waals surface area (Å²) < 4.78 is 0. The van der Waals surface area contributed by atoms with Crippen molar-refractivity contribution in [2.24, 2.45) is 16.8 Å². The first-order chi connectivity index (χ1) is 9.51. The summed E-state index contributed by atoms with van der Waals surface area (Å²) in [6.45, 7) is 16.7. The van der Waals surface area contributed by atoms with E-state index in [0.29, 0.717) is 6.04 Å². The van der Waals surface area contributed by atoms with Gasteiger partial charge >= 0.3 is 0 Å². The minimum absolute atomic E-state index is 0. The van der Waals surface area contributed by atoms with Crippen LogP contribution in [0.3, 0.4) is 0 Å². The molecular weight excluding hydrogens is 375 g/mol. The number of piperidine rings is 1. The number of nitrogens with one attached hydrogen (secondary N) is 2. The molecule has 5 heteroatoms. The summed E-state index contributed by atoms with van der Waals surface area (Å²) in [5, 5.41) is 6.65. The van der Waals surface area contributed by atoms with Crippen LogP contribution in [0.4, 0.5) is 0 Å². The van der Waals surface area contributed by atoms with E-state index in [2.05, 4.69) is 55.1 Å². The highest BCUT2D eigenvalue weighted by Crippen LogP contribution is 2.20. The molecule has 0 bridgehead atoms. The first-order valence-corrected chi connectivity index (χ1v) is 8.28. The van der Waals surface area contributed by atoms with E-state index in [9.17, 15) is 0 Å². The second-order valence-corrected chi connectivity index (χ2v) is 6.62. The van der Waals surface area contributed by atoms with Gasteiger partial charge in [0, 0.05) is 32.2 Å². The number of aliphatic imine (C=N–C) groups is 1. The Hall–Kier alpha value is -0.0400. The summed E-state index contributed by atoms with van der Waals surface area (Å²) in [5.74, 6) is 2.65. The molecule has 1 aliphatic rings. The number of hydrogen-bond acceptors (Lipinski definition) is 2. The van der Waals surface area contributed by atoms with Gasteiger partial charge in [0.15, 0.2) is 5.96 Å². The van der Waals surface area contributed by atoms with Crippen LogP contribution in [0.1, 0.15) is 47.5 Å². The Balaban J connectivity index is 0.00000400. The van der Waals surface area contributed by atoms with Crippen molar-refractivity contribution in [3.63, 3.8) is 0 Å². The van der Waals surface area contributed by atoms with Crippen molar-refractivity contribution >= 4 is 29.9 Å². The molecule has 2 atom stereocenters. The van der Waals surface area contributed by atoms with Gasteiger partial charge in [0.25, 0.3) is 0 Å². The van der Waals surface area contributed by atoms with Gasteiger partial charge in [0.2, 0.25) is 0 Å². The summed E-state index contributed by atoms with van der Waals surface area (Å²) in [4.78, 5) is 7.25. The topological polar surface area (TPSA) is 39.7 Å². The third kappa shape index (κ3) is 9.55. The SMILES string of the molecule is CCNC(=NCCCN1CC(C)CC(C)C1)NC(C)C.I. The fourth-order valence-electron chi connectivity index (χ4n) is 3.05. The van der Waals surface area contributed by atoms with Crippen molar-refractivity contribution in [3.05, 3.63) is 0 Å². The minimum atomic E-state index is 0. The molecule has 2 unspecified atom stereocenters. The molecule has 0 radical (unpaired) electrons.